The Kier molecular flexibility index (Phi) is 3.46. The number of furan rings is 1. The second kappa shape index (κ2) is 5.43. The Labute approximate surface area is 129 Å². The van der Waals surface area contributed by atoms with Gasteiger partial charge in [-0.15, -0.1) is 0 Å². The lowest BCUT2D eigenvalue weighted by Crippen LogP contribution is -2.11. The summed E-state index contributed by atoms with van der Waals surface area (Å²) in [5.74, 6) is -0.180. The van der Waals surface area contributed by atoms with Crippen molar-refractivity contribution in [2.24, 2.45) is 0 Å². The Bertz CT molecular complexity index is 877. The molecule has 1 amide bonds. The zero-order valence-corrected chi connectivity index (χ0v) is 12.3. The van der Waals surface area contributed by atoms with Gasteiger partial charge in [0.15, 0.2) is 5.76 Å². The number of fused-ring (bicyclic) bond motifs is 1. The van der Waals surface area contributed by atoms with Crippen molar-refractivity contribution < 1.29 is 9.21 Å². The molecule has 102 valence electrons. The third-order valence-electron chi connectivity index (χ3n) is 3.00. The molecule has 4 nitrogen and oxygen atoms in total. The van der Waals surface area contributed by atoms with E-state index in [1.165, 1.54) is 0 Å². The normalized spacial score (nSPS) is 10.3. The number of hydrogen-bond acceptors (Lipinski definition) is 3. The lowest BCUT2D eigenvalue weighted by atomic mass is 10.2. The molecule has 2 aromatic carbocycles. The van der Waals surface area contributed by atoms with Crippen LogP contribution in [0.3, 0.4) is 0 Å². The van der Waals surface area contributed by atoms with Gasteiger partial charge in [-0.3, -0.25) is 4.79 Å². The first-order valence-corrected chi connectivity index (χ1v) is 6.96. The lowest BCUT2D eigenvalue weighted by molar-refractivity contribution is 0.0998. The minimum absolute atomic E-state index is 0.204. The summed E-state index contributed by atoms with van der Waals surface area (Å²) in [5.41, 5.74) is 1.50. The van der Waals surface area contributed by atoms with Gasteiger partial charge in [0.1, 0.15) is 11.7 Å². The van der Waals surface area contributed by atoms with Gasteiger partial charge in [0.05, 0.1) is 11.3 Å². The average Bonchev–Trinajstić information content (AvgIpc) is 2.91. The van der Waals surface area contributed by atoms with Gasteiger partial charge in [-0.05, 0) is 36.4 Å². The van der Waals surface area contributed by atoms with Crippen molar-refractivity contribution in [1.29, 1.82) is 5.26 Å². The first-order valence-electron chi connectivity index (χ1n) is 6.17. The van der Waals surface area contributed by atoms with Gasteiger partial charge >= 0.3 is 0 Å². The van der Waals surface area contributed by atoms with E-state index < -0.39 is 0 Å². The molecule has 0 saturated carbocycles. The highest BCUT2D eigenvalue weighted by Crippen LogP contribution is 2.24. The molecule has 1 heterocycles. The number of rotatable bonds is 2. The van der Waals surface area contributed by atoms with E-state index in [0.717, 1.165) is 9.86 Å². The molecule has 0 aliphatic heterocycles. The molecule has 0 fully saturated rings. The molecule has 0 unspecified atom stereocenters. The third kappa shape index (κ3) is 2.67. The van der Waals surface area contributed by atoms with Crippen LogP contribution in [0.2, 0.25) is 0 Å². The molecule has 3 rings (SSSR count). The predicted octanol–water partition coefficient (Wildman–Crippen LogP) is 4.32. The molecule has 5 heteroatoms. The maximum absolute atomic E-state index is 12.2. The molecule has 1 aromatic heterocycles. The monoisotopic (exact) mass is 340 g/mol. The second-order valence-electron chi connectivity index (χ2n) is 4.40. The van der Waals surface area contributed by atoms with Crippen LogP contribution in [-0.2, 0) is 0 Å². The van der Waals surface area contributed by atoms with Crippen LogP contribution in [0, 0.1) is 11.3 Å². The number of amides is 1. The molecular formula is C16H9BrN2O2. The van der Waals surface area contributed by atoms with E-state index in [1.54, 1.807) is 36.4 Å². The van der Waals surface area contributed by atoms with Crippen LogP contribution >= 0.6 is 15.9 Å². The Morgan fingerprint density at radius 2 is 2.00 bits per heavy atom. The summed E-state index contributed by atoms with van der Waals surface area (Å²) in [6.07, 6.45) is 0. The van der Waals surface area contributed by atoms with Crippen LogP contribution < -0.4 is 5.32 Å². The van der Waals surface area contributed by atoms with Crippen LogP contribution in [0.15, 0.2) is 57.4 Å². The van der Waals surface area contributed by atoms with Crippen molar-refractivity contribution in [2.75, 3.05) is 5.32 Å². The van der Waals surface area contributed by atoms with Gasteiger partial charge in [-0.2, -0.15) is 5.26 Å². The molecule has 0 aliphatic rings. The van der Waals surface area contributed by atoms with Crippen LogP contribution in [-0.4, -0.2) is 5.91 Å². The zero-order chi connectivity index (χ0) is 14.8. The Morgan fingerprint density at radius 3 is 2.81 bits per heavy atom. The van der Waals surface area contributed by atoms with Crippen LogP contribution in [0.5, 0.6) is 0 Å². The van der Waals surface area contributed by atoms with Crippen LogP contribution in [0.1, 0.15) is 16.1 Å². The van der Waals surface area contributed by atoms with Crippen molar-refractivity contribution in [3.63, 3.8) is 0 Å². The van der Waals surface area contributed by atoms with E-state index in [2.05, 4.69) is 21.2 Å². The number of para-hydroxylation sites is 1. The number of halogens is 1. The maximum Gasteiger partial charge on any atom is 0.291 e. The molecule has 0 atom stereocenters. The van der Waals surface area contributed by atoms with Gasteiger partial charge in [-0.1, -0.05) is 28.1 Å². The lowest BCUT2D eigenvalue weighted by Gasteiger charge is -2.04. The molecule has 0 bridgehead atoms. The van der Waals surface area contributed by atoms with Gasteiger partial charge in [0, 0.05) is 9.86 Å². The third-order valence-corrected chi connectivity index (χ3v) is 3.49. The van der Waals surface area contributed by atoms with E-state index >= 15 is 0 Å². The SMILES string of the molecule is N#Cc1ccccc1NC(=O)c1cc2ccc(Br)cc2o1. The van der Waals surface area contributed by atoms with E-state index in [0.29, 0.717) is 16.8 Å². The van der Waals surface area contributed by atoms with Gasteiger partial charge < -0.3 is 9.73 Å². The highest BCUT2D eigenvalue weighted by Gasteiger charge is 2.14. The molecule has 0 aliphatic carbocycles. The minimum Gasteiger partial charge on any atom is -0.451 e. The molecule has 0 saturated heterocycles. The van der Waals surface area contributed by atoms with Crippen molar-refractivity contribution >= 4 is 38.5 Å². The van der Waals surface area contributed by atoms with Crippen LogP contribution in [0.25, 0.3) is 11.0 Å². The first kappa shape index (κ1) is 13.4. The summed E-state index contributed by atoms with van der Waals surface area (Å²) in [5, 5.41) is 12.5. The van der Waals surface area contributed by atoms with Gasteiger partial charge in [0.2, 0.25) is 0 Å². The molecular weight excluding hydrogens is 332 g/mol. The summed E-state index contributed by atoms with van der Waals surface area (Å²) < 4.78 is 6.41. The average molecular weight is 341 g/mol. The molecule has 0 spiro atoms. The second-order valence-corrected chi connectivity index (χ2v) is 5.32. The number of carbonyl (C=O) groups excluding carboxylic acids is 1. The fourth-order valence-electron chi connectivity index (χ4n) is 1.99. The number of nitrogens with one attached hydrogen (secondary N) is 1. The summed E-state index contributed by atoms with van der Waals surface area (Å²) in [6, 6.07) is 16.1. The number of hydrogen-bond donors (Lipinski definition) is 1. The topological polar surface area (TPSA) is 66.0 Å². The van der Waals surface area contributed by atoms with Crippen molar-refractivity contribution in [3.05, 3.63) is 64.3 Å². The Hall–Kier alpha value is -2.58. The number of benzene rings is 2. The minimum atomic E-state index is -0.384. The highest BCUT2D eigenvalue weighted by molar-refractivity contribution is 9.10. The fraction of sp³-hybridized carbons (Fsp3) is 0. The molecule has 21 heavy (non-hydrogen) atoms. The smallest absolute Gasteiger partial charge is 0.291 e. The molecule has 0 radical (unpaired) electrons. The molecule has 3 aromatic rings. The van der Waals surface area contributed by atoms with Crippen molar-refractivity contribution in [1.82, 2.24) is 0 Å². The largest absolute Gasteiger partial charge is 0.451 e. The maximum atomic E-state index is 12.2. The van der Waals surface area contributed by atoms with Gasteiger partial charge in [-0.25, -0.2) is 0 Å². The molecule has 1 N–H and O–H groups in total. The predicted molar refractivity (Wildman–Crippen MR) is 83.0 cm³/mol. The number of anilines is 1. The summed E-state index contributed by atoms with van der Waals surface area (Å²) in [6.45, 7) is 0. The highest BCUT2D eigenvalue weighted by atomic mass is 79.9. The summed E-state index contributed by atoms with van der Waals surface area (Å²) in [7, 11) is 0. The standard InChI is InChI=1S/C16H9BrN2O2/c17-12-6-5-10-7-15(21-14(10)8-12)16(20)19-13-4-2-1-3-11(13)9-18/h1-8H,(H,19,20). The zero-order valence-electron chi connectivity index (χ0n) is 10.8. The summed E-state index contributed by atoms with van der Waals surface area (Å²) >= 11 is 3.35. The van der Waals surface area contributed by atoms with E-state index in [9.17, 15) is 4.79 Å². The number of nitrogens with zero attached hydrogens (tertiary/aromatic N) is 1. The van der Waals surface area contributed by atoms with E-state index in [4.69, 9.17) is 9.68 Å². The Balaban J connectivity index is 1.92. The van der Waals surface area contributed by atoms with Gasteiger partial charge in [0.25, 0.3) is 5.91 Å². The first-order chi connectivity index (χ1) is 10.2. The number of nitriles is 1. The Morgan fingerprint density at radius 1 is 1.19 bits per heavy atom. The van der Waals surface area contributed by atoms with E-state index in [-0.39, 0.29) is 11.7 Å². The quantitative estimate of drug-likeness (QED) is 0.755. The van der Waals surface area contributed by atoms with Crippen LogP contribution in [0.4, 0.5) is 5.69 Å². The van der Waals surface area contributed by atoms with Crippen molar-refractivity contribution in [3.8, 4) is 6.07 Å². The number of carbonyl (C=O) groups is 1. The van der Waals surface area contributed by atoms with Crippen molar-refractivity contribution in [2.45, 2.75) is 0 Å². The summed E-state index contributed by atoms with van der Waals surface area (Å²) in [4.78, 5) is 12.2. The fourth-order valence-corrected chi connectivity index (χ4v) is 2.33. The van der Waals surface area contributed by atoms with E-state index in [1.807, 2.05) is 18.2 Å².